The SMILES string of the molecule is COc1cc2nccc(Oc3ccc(NC(=O)c4c[nH]c(C)c(-c5ccc(F)cc5C)c4=O)cc3)c2nc1OC. The summed E-state index contributed by atoms with van der Waals surface area (Å²) in [6.45, 7) is 3.44. The van der Waals surface area contributed by atoms with Gasteiger partial charge >= 0.3 is 0 Å². The number of carbonyl (C=O) groups is 1. The highest BCUT2D eigenvalue weighted by Gasteiger charge is 2.19. The van der Waals surface area contributed by atoms with Crippen LogP contribution in [0.2, 0.25) is 0 Å². The predicted molar refractivity (Wildman–Crippen MR) is 149 cm³/mol. The number of aromatic nitrogens is 3. The van der Waals surface area contributed by atoms with Crippen LogP contribution >= 0.6 is 0 Å². The number of carbonyl (C=O) groups excluding carboxylic acids is 1. The van der Waals surface area contributed by atoms with Gasteiger partial charge in [-0.3, -0.25) is 14.6 Å². The van der Waals surface area contributed by atoms with E-state index in [-0.39, 0.29) is 5.56 Å². The van der Waals surface area contributed by atoms with E-state index in [9.17, 15) is 14.0 Å². The summed E-state index contributed by atoms with van der Waals surface area (Å²) < 4.78 is 30.2. The molecule has 0 unspecified atom stereocenters. The van der Waals surface area contributed by atoms with E-state index in [0.29, 0.717) is 62.2 Å². The first-order valence-corrected chi connectivity index (χ1v) is 12.2. The van der Waals surface area contributed by atoms with Crippen molar-refractivity contribution in [3.8, 4) is 34.3 Å². The number of hydrogen-bond acceptors (Lipinski definition) is 7. The van der Waals surface area contributed by atoms with Crippen molar-refractivity contribution in [1.82, 2.24) is 15.0 Å². The Hall–Kier alpha value is -5.25. The Morgan fingerprint density at radius 1 is 0.975 bits per heavy atom. The maximum absolute atomic E-state index is 13.6. The van der Waals surface area contributed by atoms with Crippen LogP contribution in [0.5, 0.6) is 23.1 Å². The molecule has 2 aromatic carbocycles. The lowest BCUT2D eigenvalue weighted by molar-refractivity contribution is 0.102. The lowest BCUT2D eigenvalue weighted by Gasteiger charge is -2.12. The van der Waals surface area contributed by atoms with Gasteiger partial charge in [-0.15, -0.1) is 0 Å². The standard InChI is InChI=1S/C30H25FN4O5/c1-16-13-18(31)5-10-21(16)26-17(2)33-15-22(28(26)36)29(37)34-19-6-8-20(9-7-19)40-24-11-12-32-23-14-25(38-3)30(39-4)35-27(23)24/h5-15H,1-4H3,(H,33,36)(H,34,37). The van der Waals surface area contributed by atoms with E-state index >= 15 is 0 Å². The first-order valence-electron chi connectivity index (χ1n) is 12.2. The third-order valence-corrected chi connectivity index (χ3v) is 6.34. The van der Waals surface area contributed by atoms with E-state index in [1.807, 2.05) is 0 Å². The Kier molecular flexibility index (Phi) is 7.15. The summed E-state index contributed by atoms with van der Waals surface area (Å²) in [6.07, 6.45) is 2.97. The minimum Gasteiger partial charge on any atom is -0.491 e. The fourth-order valence-electron chi connectivity index (χ4n) is 4.34. The number of halogens is 1. The van der Waals surface area contributed by atoms with Crippen molar-refractivity contribution in [1.29, 1.82) is 0 Å². The molecular weight excluding hydrogens is 515 g/mol. The molecule has 0 aliphatic heterocycles. The smallest absolute Gasteiger partial charge is 0.261 e. The van der Waals surface area contributed by atoms with Crippen molar-refractivity contribution in [2.75, 3.05) is 19.5 Å². The molecule has 0 radical (unpaired) electrons. The number of rotatable bonds is 7. The molecule has 1 amide bonds. The molecule has 0 bridgehead atoms. The molecule has 0 saturated heterocycles. The van der Waals surface area contributed by atoms with Crippen molar-refractivity contribution >= 4 is 22.6 Å². The Morgan fingerprint density at radius 2 is 1.75 bits per heavy atom. The number of methoxy groups -OCH3 is 2. The van der Waals surface area contributed by atoms with Gasteiger partial charge in [-0.2, -0.15) is 0 Å². The van der Waals surface area contributed by atoms with Crippen LogP contribution in [0.1, 0.15) is 21.6 Å². The summed E-state index contributed by atoms with van der Waals surface area (Å²) in [5.74, 6) is 0.718. The number of pyridine rings is 3. The molecule has 40 heavy (non-hydrogen) atoms. The number of anilines is 1. The number of ether oxygens (including phenoxy) is 3. The molecule has 0 spiro atoms. The number of H-pyrrole nitrogens is 1. The molecule has 3 heterocycles. The van der Waals surface area contributed by atoms with E-state index in [1.54, 1.807) is 56.4 Å². The van der Waals surface area contributed by atoms with Crippen LogP contribution in [0.15, 0.2) is 71.8 Å². The van der Waals surface area contributed by atoms with Gasteiger partial charge in [0.1, 0.15) is 22.6 Å². The summed E-state index contributed by atoms with van der Waals surface area (Å²) in [7, 11) is 3.02. The highest BCUT2D eigenvalue weighted by molar-refractivity contribution is 6.04. The number of nitrogens with zero attached hydrogens (tertiary/aromatic N) is 2. The van der Waals surface area contributed by atoms with E-state index in [0.717, 1.165) is 0 Å². The molecule has 5 rings (SSSR count). The van der Waals surface area contributed by atoms with Gasteiger partial charge in [0.05, 0.1) is 19.7 Å². The second-order valence-corrected chi connectivity index (χ2v) is 8.95. The fraction of sp³-hybridized carbons (Fsp3) is 0.133. The molecule has 5 aromatic rings. The van der Waals surface area contributed by atoms with E-state index in [2.05, 4.69) is 20.3 Å². The highest BCUT2D eigenvalue weighted by Crippen LogP contribution is 2.34. The van der Waals surface area contributed by atoms with Gasteiger partial charge in [0.2, 0.25) is 5.43 Å². The second-order valence-electron chi connectivity index (χ2n) is 8.95. The predicted octanol–water partition coefficient (Wildman–Crippen LogP) is 5.80. The van der Waals surface area contributed by atoms with Crippen LogP contribution in [0, 0.1) is 19.7 Å². The minimum atomic E-state index is -0.582. The van der Waals surface area contributed by atoms with Crippen LogP contribution in [0.3, 0.4) is 0 Å². The van der Waals surface area contributed by atoms with Gasteiger partial charge in [0.25, 0.3) is 11.8 Å². The zero-order valence-corrected chi connectivity index (χ0v) is 22.2. The first kappa shape index (κ1) is 26.4. The maximum atomic E-state index is 13.6. The van der Waals surface area contributed by atoms with Crippen molar-refractivity contribution in [3.63, 3.8) is 0 Å². The fourth-order valence-corrected chi connectivity index (χ4v) is 4.34. The summed E-state index contributed by atoms with van der Waals surface area (Å²) in [6, 6.07) is 14.2. The third kappa shape index (κ3) is 5.06. The molecule has 2 N–H and O–H groups in total. The Morgan fingerprint density at radius 3 is 2.45 bits per heavy atom. The summed E-state index contributed by atoms with van der Waals surface area (Å²) in [5.41, 5.74) is 3.05. The van der Waals surface area contributed by atoms with Crippen LogP contribution in [0.4, 0.5) is 10.1 Å². The second kappa shape index (κ2) is 10.9. The van der Waals surface area contributed by atoms with E-state index < -0.39 is 17.2 Å². The van der Waals surface area contributed by atoms with Crippen LogP contribution in [-0.4, -0.2) is 35.1 Å². The highest BCUT2D eigenvalue weighted by atomic mass is 19.1. The number of nitrogens with one attached hydrogen (secondary N) is 2. The molecular formula is C30H25FN4O5. The maximum Gasteiger partial charge on any atom is 0.261 e. The van der Waals surface area contributed by atoms with Crippen molar-refractivity contribution < 1.29 is 23.4 Å². The summed E-state index contributed by atoms with van der Waals surface area (Å²) in [4.78, 5) is 38.1. The van der Waals surface area contributed by atoms with Gasteiger partial charge < -0.3 is 24.5 Å². The average molecular weight is 541 g/mol. The molecule has 3 aromatic heterocycles. The first-order chi connectivity index (χ1) is 19.3. The number of hydrogen-bond donors (Lipinski definition) is 2. The van der Waals surface area contributed by atoms with Crippen LogP contribution < -0.4 is 25.0 Å². The van der Waals surface area contributed by atoms with Crippen LogP contribution in [0.25, 0.3) is 22.2 Å². The van der Waals surface area contributed by atoms with Gasteiger partial charge in [-0.25, -0.2) is 9.37 Å². The largest absolute Gasteiger partial charge is 0.491 e. The monoisotopic (exact) mass is 540 g/mol. The van der Waals surface area contributed by atoms with Gasteiger partial charge in [-0.1, -0.05) is 6.07 Å². The number of fused-ring (bicyclic) bond motifs is 1. The van der Waals surface area contributed by atoms with E-state index in [1.165, 1.54) is 38.6 Å². The molecule has 0 saturated carbocycles. The zero-order valence-electron chi connectivity index (χ0n) is 22.2. The van der Waals surface area contributed by atoms with Crippen molar-refractivity contribution in [2.24, 2.45) is 0 Å². The Balaban J connectivity index is 1.37. The molecule has 10 heteroatoms. The lowest BCUT2D eigenvalue weighted by Crippen LogP contribution is -2.24. The van der Waals surface area contributed by atoms with Crippen LogP contribution in [-0.2, 0) is 0 Å². The molecule has 0 fully saturated rings. The molecule has 0 aliphatic rings. The quantitative estimate of drug-likeness (QED) is 0.268. The summed E-state index contributed by atoms with van der Waals surface area (Å²) in [5, 5.41) is 2.74. The molecule has 9 nitrogen and oxygen atoms in total. The minimum absolute atomic E-state index is 0.0663. The average Bonchev–Trinajstić information content (AvgIpc) is 2.94. The number of aromatic amines is 1. The molecule has 0 aliphatic carbocycles. The van der Waals surface area contributed by atoms with E-state index in [4.69, 9.17) is 14.2 Å². The lowest BCUT2D eigenvalue weighted by atomic mass is 9.97. The number of amides is 1. The van der Waals surface area contributed by atoms with Crippen molar-refractivity contribution in [3.05, 3.63) is 99.9 Å². The molecule has 0 atom stereocenters. The normalized spacial score (nSPS) is 10.8. The van der Waals surface area contributed by atoms with Crippen molar-refractivity contribution in [2.45, 2.75) is 13.8 Å². The number of benzene rings is 2. The number of aryl methyl sites for hydroxylation is 2. The zero-order chi connectivity index (χ0) is 28.4. The Labute approximate surface area is 228 Å². The molecule has 202 valence electrons. The third-order valence-electron chi connectivity index (χ3n) is 6.34. The Bertz CT molecular complexity index is 1800. The summed E-state index contributed by atoms with van der Waals surface area (Å²) >= 11 is 0. The van der Waals surface area contributed by atoms with Gasteiger partial charge in [0, 0.05) is 41.5 Å². The topological polar surface area (TPSA) is 115 Å². The van der Waals surface area contributed by atoms with Gasteiger partial charge in [-0.05, 0) is 61.4 Å². The van der Waals surface area contributed by atoms with Gasteiger partial charge in [0.15, 0.2) is 11.5 Å².